The molecule has 4 heteroatoms. The maximum absolute atomic E-state index is 12.0. The van der Waals surface area contributed by atoms with Crippen LogP contribution in [-0.2, 0) is 11.3 Å². The highest BCUT2D eigenvalue weighted by Crippen LogP contribution is 2.20. The summed E-state index contributed by atoms with van der Waals surface area (Å²) in [6, 6.07) is 7.73. The zero-order chi connectivity index (χ0) is 15.1. The summed E-state index contributed by atoms with van der Waals surface area (Å²) in [4.78, 5) is 14.4. The minimum Gasteiger partial charge on any atom is -0.326 e. The van der Waals surface area contributed by atoms with Crippen LogP contribution in [0.25, 0.3) is 0 Å². The first kappa shape index (κ1) is 16.0. The lowest BCUT2D eigenvalue weighted by atomic mass is 9.94. The number of piperidine rings is 1. The maximum atomic E-state index is 12.0. The van der Waals surface area contributed by atoms with Crippen LogP contribution in [0.15, 0.2) is 24.3 Å². The SMILES string of the molecule is CCC1CCN(CCC(=O)Nc2cccc(CN)c2)CC1. The van der Waals surface area contributed by atoms with Gasteiger partial charge in [0.1, 0.15) is 0 Å². The lowest BCUT2D eigenvalue weighted by Crippen LogP contribution is -2.35. The maximum Gasteiger partial charge on any atom is 0.225 e. The Morgan fingerprint density at radius 3 is 2.81 bits per heavy atom. The Morgan fingerprint density at radius 2 is 2.14 bits per heavy atom. The van der Waals surface area contributed by atoms with Crippen LogP contribution in [0.4, 0.5) is 5.69 Å². The molecular formula is C17H27N3O. The zero-order valence-corrected chi connectivity index (χ0v) is 13.0. The largest absolute Gasteiger partial charge is 0.326 e. The Labute approximate surface area is 127 Å². The van der Waals surface area contributed by atoms with Gasteiger partial charge in [-0.15, -0.1) is 0 Å². The van der Waals surface area contributed by atoms with Crippen molar-refractivity contribution in [3.05, 3.63) is 29.8 Å². The Balaban J connectivity index is 1.72. The van der Waals surface area contributed by atoms with Gasteiger partial charge < -0.3 is 16.0 Å². The summed E-state index contributed by atoms with van der Waals surface area (Å²) in [6.07, 6.45) is 4.39. The molecule has 1 aromatic rings. The van der Waals surface area contributed by atoms with Gasteiger partial charge in [-0.05, 0) is 49.5 Å². The standard InChI is InChI=1S/C17H27N3O/c1-2-14-6-9-20(10-7-14)11-8-17(21)19-16-5-3-4-15(12-16)13-18/h3-5,12,14H,2,6-11,13,18H2,1H3,(H,19,21). The second-order valence-corrected chi connectivity index (χ2v) is 5.90. The number of nitrogens with one attached hydrogen (secondary N) is 1. The molecule has 2 rings (SSSR count). The lowest BCUT2D eigenvalue weighted by molar-refractivity contribution is -0.116. The van der Waals surface area contributed by atoms with E-state index in [9.17, 15) is 4.79 Å². The van der Waals surface area contributed by atoms with Crippen LogP contribution in [0.5, 0.6) is 0 Å². The van der Waals surface area contributed by atoms with E-state index in [4.69, 9.17) is 5.73 Å². The van der Waals surface area contributed by atoms with Crippen LogP contribution in [0.1, 0.15) is 38.2 Å². The molecule has 0 saturated carbocycles. The van der Waals surface area contributed by atoms with Gasteiger partial charge in [-0.2, -0.15) is 0 Å². The molecule has 1 aromatic carbocycles. The molecule has 1 heterocycles. The molecule has 4 nitrogen and oxygen atoms in total. The lowest BCUT2D eigenvalue weighted by Gasteiger charge is -2.31. The van der Waals surface area contributed by atoms with Crippen molar-refractivity contribution in [1.82, 2.24) is 4.90 Å². The van der Waals surface area contributed by atoms with Crippen molar-refractivity contribution in [2.45, 2.75) is 39.2 Å². The van der Waals surface area contributed by atoms with Crippen LogP contribution in [0, 0.1) is 5.92 Å². The van der Waals surface area contributed by atoms with Gasteiger partial charge >= 0.3 is 0 Å². The van der Waals surface area contributed by atoms with E-state index in [0.717, 1.165) is 36.8 Å². The average molecular weight is 289 g/mol. The Kier molecular flexibility index (Phi) is 6.21. The van der Waals surface area contributed by atoms with Crippen LogP contribution in [0.2, 0.25) is 0 Å². The molecule has 0 atom stereocenters. The summed E-state index contributed by atoms with van der Waals surface area (Å²) in [5.74, 6) is 0.968. The summed E-state index contributed by atoms with van der Waals surface area (Å²) in [6.45, 7) is 5.89. The number of carbonyl (C=O) groups is 1. The monoisotopic (exact) mass is 289 g/mol. The van der Waals surface area contributed by atoms with E-state index >= 15 is 0 Å². The van der Waals surface area contributed by atoms with Crippen LogP contribution in [-0.4, -0.2) is 30.4 Å². The fourth-order valence-electron chi connectivity index (χ4n) is 2.88. The van der Waals surface area contributed by atoms with Gasteiger partial charge in [0.2, 0.25) is 5.91 Å². The number of amides is 1. The first-order chi connectivity index (χ1) is 10.2. The molecule has 1 aliphatic heterocycles. The predicted molar refractivity (Wildman–Crippen MR) is 87.0 cm³/mol. The van der Waals surface area contributed by atoms with Crippen molar-refractivity contribution >= 4 is 11.6 Å². The predicted octanol–water partition coefficient (Wildman–Crippen LogP) is 2.60. The fraction of sp³-hybridized carbons (Fsp3) is 0.588. The molecular weight excluding hydrogens is 262 g/mol. The summed E-state index contributed by atoms with van der Waals surface area (Å²) in [5.41, 5.74) is 7.49. The number of benzene rings is 1. The van der Waals surface area contributed by atoms with Gasteiger partial charge in [0.15, 0.2) is 0 Å². The van der Waals surface area contributed by atoms with Crippen molar-refractivity contribution in [2.75, 3.05) is 25.0 Å². The number of nitrogens with zero attached hydrogens (tertiary/aromatic N) is 1. The van der Waals surface area contributed by atoms with Gasteiger partial charge in [0, 0.05) is 25.2 Å². The molecule has 0 bridgehead atoms. The van der Waals surface area contributed by atoms with E-state index in [1.807, 2.05) is 24.3 Å². The van der Waals surface area contributed by atoms with Crippen LogP contribution in [0.3, 0.4) is 0 Å². The first-order valence-electron chi connectivity index (χ1n) is 8.02. The Hall–Kier alpha value is -1.39. The third kappa shape index (κ3) is 5.14. The van der Waals surface area contributed by atoms with E-state index < -0.39 is 0 Å². The molecule has 1 aliphatic rings. The average Bonchev–Trinajstić information content (AvgIpc) is 2.53. The number of rotatable bonds is 6. The number of likely N-dealkylation sites (tertiary alicyclic amines) is 1. The minimum atomic E-state index is 0.0850. The molecule has 0 radical (unpaired) electrons. The highest BCUT2D eigenvalue weighted by atomic mass is 16.1. The summed E-state index contributed by atoms with van der Waals surface area (Å²) < 4.78 is 0. The molecule has 0 spiro atoms. The normalized spacial score (nSPS) is 16.9. The second kappa shape index (κ2) is 8.15. The van der Waals surface area contributed by atoms with Crippen molar-refractivity contribution in [1.29, 1.82) is 0 Å². The zero-order valence-electron chi connectivity index (χ0n) is 13.0. The molecule has 3 N–H and O–H groups in total. The number of hydrogen-bond acceptors (Lipinski definition) is 3. The summed E-state index contributed by atoms with van der Waals surface area (Å²) in [7, 11) is 0. The topological polar surface area (TPSA) is 58.4 Å². The fourth-order valence-corrected chi connectivity index (χ4v) is 2.88. The van der Waals surface area contributed by atoms with Gasteiger partial charge in [-0.3, -0.25) is 4.79 Å². The molecule has 0 aromatic heterocycles. The van der Waals surface area contributed by atoms with E-state index in [-0.39, 0.29) is 5.91 Å². The Morgan fingerprint density at radius 1 is 1.38 bits per heavy atom. The molecule has 1 fully saturated rings. The smallest absolute Gasteiger partial charge is 0.225 e. The van der Waals surface area contributed by atoms with Gasteiger partial charge in [0.25, 0.3) is 0 Å². The summed E-state index contributed by atoms with van der Waals surface area (Å²) in [5, 5.41) is 2.96. The highest BCUT2D eigenvalue weighted by Gasteiger charge is 2.18. The third-order valence-electron chi connectivity index (χ3n) is 4.39. The molecule has 1 saturated heterocycles. The van der Waals surface area contributed by atoms with Crippen LogP contribution >= 0.6 is 0 Å². The first-order valence-corrected chi connectivity index (χ1v) is 8.02. The molecule has 0 aliphatic carbocycles. The van der Waals surface area contributed by atoms with Crippen molar-refractivity contribution in [2.24, 2.45) is 11.7 Å². The highest BCUT2D eigenvalue weighted by molar-refractivity contribution is 5.90. The number of carbonyl (C=O) groups excluding carboxylic acids is 1. The van der Waals surface area contributed by atoms with Gasteiger partial charge in [0.05, 0.1) is 0 Å². The molecule has 0 unspecified atom stereocenters. The van der Waals surface area contributed by atoms with Gasteiger partial charge in [-0.25, -0.2) is 0 Å². The minimum absolute atomic E-state index is 0.0850. The number of hydrogen-bond donors (Lipinski definition) is 2. The van der Waals surface area contributed by atoms with Crippen molar-refractivity contribution < 1.29 is 4.79 Å². The molecule has 21 heavy (non-hydrogen) atoms. The van der Waals surface area contributed by atoms with Crippen LogP contribution < -0.4 is 11.1 Å². The van der Waals surface area contributed by atoms with E-state index in [0.29, 0.717) is 13.0 Å². The van der Waals surface area contributed by atoms with E-state index in [1.165, 1.54) is 19.3 Å². The summed E-state index contributed by atoms with van der Waals surface area (Å²) >= 11 is 0. The van der Waals surface area contributed by atoms with Crippen molar-refractivity contribution in [3.8, 4) is 0 Å². The second-order valence-electron chi connectivity index (χ2n) is 5.90. The number of nitrogens with two attached hydrogens (primary N) is 1. The number of anilines is 1. The third-order valence-corrected chi connectivity index (χ3v) is 4.39. The quantitative estimate of drug-likeness (QED) is 0.846. The Bertz CT molecular complexity index is 453. The van der Waals surface area contributed by atoms with Gasteiger partial charge in [-0.1, -0.05) is 25.5 Å². The van der Waals surface area contributed by atoms with E-state index in [1.54, 1.807) is 0 Å². The van der Waals surface area contributed by atoms with Crippen molar-refractivity contribution in [3.63, 3.8) is 0 Å². The van der Waals surface area contributed by atoms with E-state index in [2.05, 4.69) is 17.1 Å². The molecule has 1 amide bonds. The molecule has 116 valence electrons.